The van der Waals surface area contributed by atoms with Crippen LogP contribution < -0.4 is 10.5 Å². The minimum atomic E-state index is -1.69. The van der Waals surface area contributed by atoms with E-state index in [1.165, 1.54) is 13.2 Å². The van der Waals surface area contributed by atoms with E-state index in [0.717, 1.165) is 5.57 Å². The number of phenolic OH excluding ortho intramolecular Hbond substituents is 1. The molecule has 1 aliphatic heterocycles. The van der Waals surface area contributed by atoms with Crippen LogP contribution in [0.1, 0.15) is 11.5 Å². The van der Waals surface area contributed by atoms with Gasteiger partial charge >= 0.3 is 0 Å². The van der Waals surface area contributed by atoms with E-state index in [1.807, 2.05) is 13.1 Å². The highest BCUT2D eigenvalue weighted by atomic mass is 16.5. The Kier molecular flexibility index (Phi) is 4.54. The van der Waals surface area contributed by atoms with Crippen LogP contribution in [-0.4, -0.2) is 37.3 Å². The van der Waals surface area contributed by atoms with Crippen molar-refractivity contribution in [2.45, 2.75) is 5.92 Å². The largest absolute Gasteiger partial charge is 0.504 e. The van der Waals surface area contributed by atoms with Gasteiger partial charge in [0.2, 0.25) is 0 Å². The summed E-state index contributed by atoms with van der Waals surface area (Å²) in [6.07, 6.45) is 1.93. The van der Waals surface area contributed by atoms with Crippen molar-refractivity contribution in [2.24, 2.45) is 17.1 Å². The summed E-state index contributed by atoms with van der Waals surface area (Å²) in [5, 5.41) is 39.6. The average Bonchev–Trinajstić information content (AvgIpc) is 2.68. The number of phenols is 1. The Bertz CT molecular complexity index is 960. The maximum absolute atomic E-state index is 9.98. The van der Waals surface area contributed by atoms with E-state index in [4.69, 9.17) is 10.5 Å². The molecule has 0 saturated heterocycles. The summed E-state index contributed by atoms with van der Waals surface area (Å²) < 4.78 is 5.20. The lowest BCUT2D eigenvalue weighted by atomic mass is 9.58. The lowest BCUT2D eigenvalue weighted by molar-refractivity contribution is 0.237. The van der Waals surface area contributed by atoms with E-state index >= 15 is 0 Å². The van der Waals surface area contributed by atoms with Crippen molar-refractivity contribution in [2.75, 3.05) is 27.2 Å². The number of aromatic hydroxyl groups is 1. The Morgan fingerprint density at radius 1 is 1.30 bits per heavy atom. The lowest BCUT2D eigenvalue weighted by Crippen LogP contribution is -2.47. The number of rotatable bonds is 2. The van der Waals surface area contributed by atoms with Crippen LogP contribution >= 0.6 is 0 Å². The van der Waals surface area contributed by atoms with Crippen molar-refractivity contribution < 1.29 is 9.84 Å². The highest BCUT2D eigenvalue weighted by Crippen LogP contribution is 2.54. The normalized spacial score (nSPS) is 24.0. The third-order valence-corrected chi connectivity index (χ3v) is 5.41. The monoisotopic (exact) mass is 361 g/mol. The predicted molar refractivity (Wildman–Crippen MR) is 97.0 cm³/mol. The summed E-state index contributed by atoms with van der Waals surface area (Å²) in [5.74, 6) is -0.651. The molecule has 0 radical (unpaired) electrons. The molecule has 136 valence electrons. The second-order valence-corrected chi connectivity index (χ2v) is 6.83. The molecule has 0 bridgehead atoms. The Hall–Kier alpha value is -3.47. The number of likely N-dealkylation sites (N-methyl/N-ethyl adjacent to an activating group) is 1. The van der Waals surface area contributed by atoms with Crippen molar-refractivity contribution >= 4 is 0 Å². The zero-order valence-electron chi connectivity index (χ0n) is 15.1. The molecule has 3 rings (SSSR count). The lowest BCUT2D eigenvalue weighted by Gasteiger charge is -2.45. The highest BCUT2D eigenvalue weighted by Gasteiger charge is 2.54. The quantitative estimate of drug-likeness (QED) is 0.820. The number of hydrogen-bond donors (Lipinski definition) is 2. The molecule has 0 aromatic heterocycles. The van der Waals surface area contributed by atoms with Gasteiger partial charge in [0.1, 0.15) is 6.07 Å². The molecule has 0 amide bonds. The van der Waals surface area contributed by atoms with Gasteiger partial charge in [-0.3, -0.25) is 0 Å². The summed E-state index contributed by atoms with van der Waals surface area (Å²) in [4.78, 5) is 2.06. The molecule has 7 heteroatoms. The summed E-state index contributed by atoms with van der Waals surface area (Å²) in [5.41, 5.74) is 6.18. The SMILES string of the molecule is COc1cc(C2C3CN(C)CC=C3C(C#N)=C(N)C2(C#N)C#N)ccc1O. The van der Waals surface area contributed by atoms with Crippen LogP contribution in [-0.2, 0) is 0 Å². The summed E-state index contributed by atoms with van der Waals surface area (Å²) in [6, 6.07) is 11.0. The molecule has 1 aromatic carbocycles. The third kappa shape index (κ3) is 2.59. The number of allylic oxidation sites excluding steroid dienone is 2. The van der Waals surface area contributed by atoms with Crippen LogP contribution in [0.4, 0.5) is 0 Å². The minimum Gasteiger partial charge on any atom is -0.504 e. The fourth-order valence-electron chi connectivity index (χ4n) is 4.09. The van der Waals surface area contributed by atoms with E-state index in [0.29, 0.717) is 18.7 Å². The fraction of sp³-hybridized carbons (Fsp3) is 0.350. The molecular weight excluding hydrogens is 342 g/mol. The molecular formula is C20H19N5O2. The Morgan fingerprint density at radius 3 is 2.59 bits per heavy atom. The Balaban J connectivity index is 2.33. The second-order valence-electron chi connectivity index (χ2n) is 6.83. The van der Waals surface area contributed by atoms with E-state index in [9.17, 15) is 20.9 Å². The molecule has 0 spiro atoms. The van der Waals surface area contributed by atoms with Crippen molar-refractivity contribution in [3.8, 4) is 29.7 Å². The van der Waals surface area contributed by atoms with Crippen LogP contribution in [0, 0.1) is 45.3 Å². The van der Waals surface area contributed by atoms with Crippen LogP contribution in [0.25, 0.3) is 0 Å². The van der Waals surface area contributed by atoms with E-state index in [2.05, 4.69) is 23.1 Å². The predicted octanol–water partition coefficient (Wildman–Crippen LogP) is 1.76. The topological polar surface area (TPSA) is 130 Å². The van der Waals surface area contributed by atoms with Gasteiger partial charge in [0, 0.05) is 24.9 Å². The molecule has 1 aromatic rings. The summed E-state index contributed by atoms with van der Waals surface area (Å²) in [6.45, 7) is 1.23. The highest BCUT2D eigenvalue weighted by molar-refractivity contribution is 5.60. The van der Waals surface area contributed by atoms with Gasteiger partial charge in [-0.1, -0.05) is 12.1 Å². The number of hydrogen-bond acceptors (Lipinski definition) is 7. The molecule has 1 aliphatic carbocycles. The first kappa shape index (κ1) is 18.3. The van der Waals surface area contributed by atoms with Crippen molar-refractivity contribution in [3.05, 3.63) is 46.7 Å². The second kappa shape index (κ2) is 6.68. The molecule has 1 heterocycles. The number of benzene rings is 1. The van der Waals surface area contributed by atoms with Crippen molar-refractivity contribution in [1.82, 2.24) is 4.90 Å². The van der Waals surface area contributed by atoms with Crippen LogP contribution in [0.15, 0.2) is 41.1 Å². The van der Waals surface area contributed by atoms with Crippen LogP contribution in [0.3, 0.4) is 0 Å². The first-order valence-corrected chi connectivity index (χ1v) is 8.42. The average molecular weight is 361 g/mol. The van der Waals surface area contributed by atoms with Gasteiger partial charge < -0.3 is 20.5 Å². The molecule has 7 nitrogen and oxygen atoms in total. The van der Waals surface area contributed by atoms with Gasteiger partial charge in [-0.05, 0) is 30.3 Å². The van der Waals surface area contributed by atoms with Gasteiger partial charge in [0.15, 0.2) is 16.9 Å². The Morgan fingerprint density at radius 2 is 2.00 bits per heavy atom. The molecule has 27 heavy (non-hydrogen) atoms. The smallest absolute Gasteiger partial charge is 0.191 e. The van der Waals surface area contributed by atoms with E-state index < -0.39 is 11.3 Å². The number of nitriles is 3. The maximum Gasteiger partial charge on any atom is 0.191 e. The number of fused-ring (bicyclic) bond motifs is 1. The zero-order valence-corrected chi connectivity index (χ0v) is 15.1. The van der Waals surface area contributed by atoms with Crippen LogP contribution in [0.5, 0.6) is 11.5 Å². The number of nitrogens with zero attached hydrogens (tertiary/aromatic N) is 4. The van der Waals surface area contributed by atoms with Gasteiger partial charge in [0.05, 0.1) is 30.5 Å². The first-order valence-electron chi connectivity index (χ1n) is 8.42. The summed E-state index contributed by atoms with van der Waals surface area (Å²) in [7, 11) is 3.37. The third-order valence-electron chi connectivity index (χ3n) is 5.41. The molecule has 2 unspecified atom stereocenters. The van der Waals surface area contributed by atoms with E-state index in [-0.39, 0.29) is 28.7 Å². The summed E-state index contributed by atoms with van der Waals surface area (Å²) >= 11 is 0. The standard InChI is InChI=1S/C20H19N5O2/c1-25-6-5-13-14(8-21)19(24)20(10-22,11-23)18(15(13)9-25)12-3-4-16(26)17(7-12)27-2/h3-5,7,15,18,26H,6,9,24H2,1-2H3. The molecule has 2 atom stereocenters. The fourth-order valence-corrected chi connectivity index (χ4v) is 4.09. The maximum atomic E-state index is 9.98. The molecule has 0 fully saturated rings. The van der Waals surface area contributed by atoms with Gasteiger partial charge in [-0.2, -0.15) is 15.8 Å². The van der Waals surface area contributed by atoms with Crippen molar-refractivity contribution in [1.29, 1.82) is 15.8 Å². The number of ether oxygens (including phenoxy) is 1. The van der Waals surface area contributed by atoms with Crippen LogP contribution in [0.2, 0.25) is 0 Å². The van der Waals surface area contributed by atoms with Crippen molar-refractivity contribution in [3.63, 3.8) is 0 Å². The number of nitrogens with two attached hydrogens (primary N) is 1. The first-order chi connectivity index (χ1) is 12.9. The zero-order chi connectivity index (χ0) is 19.8. The van der Waals surface area contributed by atoms with Gasteiger partial charge in [0.25, 0.3) is 0 Å². The molecule has 0 saturated carbocycles. The molecule has 3 N–H and O–H groups in total. The van der Waals surface area contributed by atoms with Gasteiger partial charge in [-0.25, -0.2) is 0 Å². The number of methoxy groups -OCH3 is 1. The van der Waals surface area contributed by atoms with Gasteiger partial charge in [-0.15, -0.1) is 0 Å². The molecule has 2 aliphatic rings. The van der Waals surface area contributed by atoms with E-state index in [1.54, 1.807) is 12.1 Å². The Labute approximate surface area is 157 Å². The minimum absolute atomic E-state index is 0.0147.